The Morgan fingerprint density at radius 2 is 1.89 bits per heavy atom. The number of hydrogen-bond donors (Lipinski definition) is 1. The first-order chi connectivity index (χ1) is 21.8. The van der Waals surface area contributed by atoms with Crippen LogP contribution in [0.4, 0.5) is 15.9 Å². The van der Waals surface area contributed by atoms with E-state index in [1.165, 1.54) is 49.5 Å². The van der Waals surface area contributed by atoms with Crippen molar-refractivity contribution >= 4 is 34.3 Å². The highest BCUT2D eigenvalue weighted by molar-refractivity contribution is 5.93. The number of nitrogens with zero attached hydrogens (tertiary/aromatic N) is 7. The van der Waals surface area contributed by atoms with Crippen LogP contribution in [-0.4, -0.2) is 80.1 Å². The average molecular weight is 613 g/mol. The van der Waals surface area contributed by atoms with E-state index in [-0.39, 0.29) is 35.0 Å². The van der Waals surface area contributed by atoms with E-state index in [2.05, 4.69) is 41.9 Å². The van der Waals surface area contributed by atoms with Crippen LogP contribution in [0.2, 0.25) is 0 Å². The number of nitrogens with one attached hydrogen (secondary N) is 1. The number of benzene rings is 2. The largest absolute Gasteiger partial charge is 0.493 e. The summed E-state index contributed by atoms with van der Waals surface area (Å²) in [5.41, 5.74) is 0.750. The Balaban J connectivity index is 1.17. The fourth-order valence-corrected chi connectivity index (χ4v) is 4.48. The van der Waals surface area contributed by atoms with Gasteiger partial charge >= 0.3 is 5.97 Å². The van der Waals surface area contributed by atoms with E-state index in [1.54, 1.807) is 41.4 Å². The number of methoxy groups -OCH3 is 2. The topological polar surface area (TPSA) is 156 Å². The molecule has 2 aromatic carbocycles. The molecule has 1 fully saturated rings. The van der Waals surface area contributed by atoms with Crippen molar-refractivity contribution < 1.29 is 32.9 Å². The molecule has 1 amide bonds. The minimum absolute atomic E-state index is 0.0564. The molecule has 6 rings (SSSR count). The molecule has 15 heteroatoms. The van der Waals surface area contributed by atoms with Gasteiger partial charge in [-0.2, -0.15) is 0 Å². The standard InChI is InChI=1S/C30H25FN8O6/c1-4-28(40)38-14-18(15-38)44-25-12-19-23(13-24(25)42-2)32-16-33-29(19)34-21-6-5-17(11-20(21)31)45-27-9-10-39(37-27)26-8-7-22(35-36-26)30(41)43-3/h4-13,16,18H,1,14-15H2,2-3H3,(H,32,33,34). The van der Waals surface area contributed by atoms with Crippen molar-refractivity contribution in [3.05, 3.63) is 85.2 Å². The third-order valence-corrected chi connectivity index (χ3v) is 6.81. The lowest BCUT2D eigenvalue weighted by atomic mass is 10.1. The van der Waals surface area contributed by atoms with Crippen molar-refractivity contribution in [2.45, 2.75) is 6.10 Å². The second kappa shape index (κ2) is 12.2. The normalized spacial score (nSPS) is 12.7. The molecule has 0 unspecified atom stereocenters. The second-order valence-corrected chi connectivity index (χ2v) is 9.67. The number of likely N-dealkylation sites (tertiary alicyclic amines) is 1. The Morgan fingerprint density at radius 3 is 2.60 bits per heavy atom. The van der Waals surface area contributed by atoms with Crippen molar-refractivity contribution in [2.24, 2.45) is 0 Å². The summed E-state index contributed by atoms with van der Waals surface area (Å²) < 4.78 is 38.6. The number of hydrogen-bond acceptors (Lipinski definition) is 12. The number of aromatic nitrogens is 6. The van der Waals surface area contributed by atoms with Crippen LogP contribution in [0.15, 0.2) is 73.7 Å². The first-order valence-corrected chi connectivity index (χ1v) is 13.5. The Hall–Kier alpha value is -6.12. The molecule has 1 N–H and O–H groups in total. The smallest absolute Gasteiger partial charge is 0.358 e. The van der Waals surface area contributed by atoms with Gasteiger partial charge in [0.05, 0.1) is 38.5 Å². The van der Waals surface area contributed by atoms with E-state index in [0.717, 1.165) is 0 Å². The predicted octanol–water partition coefficient (Wildman–Crippen LogP) is 3.85. The fourth-order valence-electron chi connectivity index (χ4n) is 4.48. The molecular weight excluding hydrogens is 587 g/mol. The van der Waals surface area contributed by atoms with Crippen LogP contribution in [-0.2, 0) is 9.53 Å². The highest BCUT2D eigenvalue weighted by Gasteiger charge is 2.32. The molecule has 1 aliphatic rings. The molecule has 0 spiro atoms. The SMILES string of the molecule is C=CC(=O)N1CC(Oc2cc3c(Nc4ccc(Oc5ccn(-c6ccc(C(=O)OC)nn6)n5)cc4F)ncnc3cc2OC)C1. The molecule has 0 atom stereocenters. The first-order valence-electron chi connectivity index (χ1n) is 13.5. The van der Waals surface area contributed by atoms with Crippen molar-refractivity contribution in [2.75, 3.05) is 32.6 Å². The lowest BCUT2D eigenvalue weighted by molar-refractivity contribution is -0.134. The summed E-state index contributed by atoms with van der Waals surface area (Å²) >= 11 is 0. The van der Waals surface area contributed by atoms with E-state index in [1.807, 2.05) is 0 Å². The van der Waals surface area contributed by atoms with Crippen LogP contribution in [0.25, 0.3) is 16.7 Å². The summed E-state index contributed by atoms with van der Waals surface area (Å²) in [6.45, 7) is 4.34. The van der Waals surface area contributed by atoms with E-state index >= 15 is 4.39 Å². The maximum Gasteiger partial charge on any atom is 0.358 e. The number of halogens is 1. The number of fused-ring (bicyclic) bond motifs is 1. The van der Waals surface area contributed by atoms with Crippen LogP contribution in [0.1, 0.15) is 10.5 Å². The minimum atomic E-state index is -0.606. The quantitative estimate of drug-likeness (QED) is 0.180. The molecule has 3 aromatic heterocycles. The molecule has 4 heterocycles. The monoisotopic (exact) mass is 612 g/mol. The van der Waals surface area contributed by atoms with Gasteiger partial charge in [0, 0.05) is 29.8 Å². The molecule has 0 aliphatic carbocycles. The van der Waals surface area contributed by atoms with E-state index in [0.29, 0.717) is 47.1 Å². The summed E-state index contributed by atoms with van der Waals surface area (Å²) in [6, 6.07) is 12.3. The number of rotatable bonds is 10. The zero-order chi connectivity index (χ0) is 31.5. The molecule has 1 saturated heterocycles. The molecular formula is C30H25FN8O6. The van der Waals surface area contributed by atoms with Crippen LogP contribution >= 0.6 is 0 Å². The molecule has 14 nitrogen and oxygen atoms in total. The van der Waals surface area contributed by atoms with Gasteiger partial charge in [0.15, 0.2) is 23.0 Å². The second-order valence-electron chi connectivity index (χ2n) is 9.67. The lowest BCUT2D eigenvalue weighted by Gasteiger charge is -2.38. The minimum Gasteiger partial charge on any atom is -0.493 e. The molecule has 0 bridgehead atoms. The number of ether oxygens (including phenoxy) is 4. The van der Waals surface area contributed by atoms with Gasteiger partial charge in [0.25, 0.3) is 0 Å². The Morgan fingerprint density at radius 1 is 1.04 bits per heavy atom. The Kier molecular flexibility index (Phi) is 7.88. The molecule has 5 aromatic rings. The molecule has 228 valence electrons. The van der Waals surface area contributed by atoms with Crippen molar-refractivity contribution in [1.29, 1.82) is 0 Å². The highest BCUT2D eigenvalue weighted by Crippen LogP contribution is 2.37. The van der Waals surface area contributed by atoms with Crippen molar-refractivity contribution in [3.63, 3.8) is 0 Å². The van der Waals surface area contributed by atoms with Gasteiger partial charge in [-0.1, -0.05) is 6.58 Å². The number of carbonyl (C=O) groups is 2. The van der Waals surface area contributed by atoms with Crippen LogP contribution in [0.5, 0.6) is 23.1 Å². The Bertz CT molecular complexity index is 1910. The van der Waals surface area contributed by atoms with Crippen LogP contribution < -0.4 is 19.5 Å². The molecule has 1 aliphatic heterocycles. The number of amides is 1. The van der Waals surface area contributed by atoms with E-state index in [4.69, 9.17) is 14.2 Å². The van der Waals surface area contributed by atoms with E-state index in [9.17, 15) is 9.59 Å². The van der Waals surface area contributed by atoms with Gasteiger partial charge < -0.3 is 29.2 Å². The summed E-state index contributed by atoms with van der Waals surface area (Å²) in [7, 11) is 2.77. The average Bonchev–Trinajstić information content (AvgIpc) is 3.51. The maximum atomic E-state index is 15.2. The number of carbonyl (C=O) groups excluding carboxylic acids is 2. The third kappa shape index (κ3) is 6.04. The zero-order valence-electron chi connectivity index (χ0n) is 24.0. The summed E-state index contributed by atoms with van der Waals surface area (Å²) in [5.74, 6) is 0.591. The van der Waals surface area contributed by atoms with Gasteiger partial charge in [-0.15, -0.1) is 15.3 Å². The molecule has 0 radical (unpaired) electrons. The van der Waals surface area contributed by atoms with Gasteiger partial charge in [-0.25, -0.2) is 23.8 Å². The van der Waals surface area contributed by atoms with Gasteiger partial charge in [0.1, 0.15) is 29.8 Å². The maximum absolute atomic E-state index is 15.2. The fraction of sp³-hybridized carbons (Fsp3) is 0.167. The van der Waals surface area contributed by atoms with Crippen molar-refractivity contribution in [3.8, 4) is 28.9 Å². The summed E-state index contributed by atoms with van der Waals surface area (Å²) in [5, 5.41) is 15.6. The lowest BCUT2D eigenvalue weighted by Crippen LogP contribution is -2.55. The predicted molar refractivity (Wildman–Crippen MR) is 158 cm³/mol. The van der Waals surface area contributed by atoms with Gasteiger partial charge in [0.2, 0.25) is 11.8 Å². The summed E-state index contributed by atoms with van der Waals surface area (Å²) in [6.07, 6.45) is 3.98. The van der Waals surface area contributed by atoms with Crippen LogP contribution in [0, 0.1) is 5.82 Å². The zero-order valence-corrected chi connectivity index (χ0v) is 24.0. The van der Waals surface area contributed by atoms with Crippen molar-refractivity contribution in [1.82, 2.24) is 34.8 Å². The van der Waals surface area contributed by atoms with Crippen LogP contribution in [0.3, 0.4) is 0 Å². The van der Waals surface area contributed by atoms with Gasteiger partial charge in [-0.3, -0.25) is 4.79 Å². The van der Waals surface area contributed by atoms with E-state index < -0.39 is 11.8 Å². The highest BCUT2D eigenvalue weighted by atomic mass is 19.1. The first kappa shape index (κ1) is 29.0. The number of esters is 1. The summed E-state index contributed by atoms with van der Waals surface area (Å²) in [4.78, 5) is 33.6. The molecule has 0 saturated carbocycles. The Labute approximate surface area is 255 Å². The number of anilines is 2. The van der Waals surface area contributed by atoms with Gasteiger partial charge in [-0.05, 0) is 36.4 Å². The molecule has 45 heavy (non-hydrogen) atoms. The third-order valence-electron chi connectivity index (χ3n) is 6.81.